The van der Waals surface area contributed by atoms with Gasteiger partial charge in [0, 0.05) is 0 Å². The standard InChI is InChI=1S/C13H16O4.C2H6/c1-13(2,8-11(14)15)12(16)17-9-10-6-4-3-5-7-10;1-2/h3-7H,8-9H2,1-2H3,(H,14,15);1-2H3. The van der Waals surface area contributed by atoms with Crippen LogP contribution in [-0.2, 0) is 20.9 Å². The highest BCUT2D eigenvalue weighted by molar-refractivity contribution is 5.82. The molecule has 0 saturated carbocycles. The molecular weight excluding hydrogens is 244 g/mol. The molecule has 0 spiro atoms. The van der Waals surface area contributed by atoms with Crippen molar-refractivity contribution in [3.63, 3.8) is 0 Å². The number of hydrogen-bond donors (Lipinski definition) is 1. The van der Waals surface area contributed by atoms with Crippen LogP contribution < -0.4 is 0 Å². The van der Waals surface area contributed by atoms with Gasteiger partial charge in [-0.05, 0) is 19.4 Å². The van der Waals surface area contributed by atoms with Crippen LogP contribution in [0.2, 0.25) is 0 Å². The first-order chi connectivity index (χ1) is 8.92. The monoisotopic (exact) mass is 266 g/mol. The molecular formula is C15H22O4. The van der Waals surface area contributed by atoms with Crippen molar-refractivity contribution in [2.75, 3.05) is 0 Å². The summed E-state index contributed by atoms with van der Waals surface area (Å²) in [6.07, 6.45) is -0.235. The molecule has 1 N–H and O–H groups in total. The van der Waals surface area contributed by atoms with E-state index in [2.05, 4.69) is 0 Å². The van der Waals surface area contributed by atoms with Gasteiger partial charge in [0.25, 0.3) is 0 Å². The Hall–Kier alpha value is -1.84. The zero-order valence-corrected chi connectivity index (χ0v) is 12.0. The predicted molar refractivity (Wildman–Crippen MR) is 73.6 cm³/mol. The fourth-order valence-electron chi connectivity index (χ4n) is 1.37. The minimum Gasteiger partial charge on any atom is -0.481 e. The zero-order chi connectivity index (χ0) is 14.9. The number of ether oxygens (including phenoxy) is 1. The first-order valence-electron chi connectivity index (χ1n) is 6.35. The number of esters is 1. The molecule has 1 aromatic rings. The molecule has 0 bridgehead atoms. The summed E-state index contributed by atoms with van der Waals surface area (Å²) in [4.78, 5) is 22.3. The molecule has 4 nitrogen and oxygen atoms in total. The lowest BCUT2D eigenvalue weighted by Crippen LogP contribution is -2.29. The summed E-state index contributed by atoms with van der Waals surface area (Å²) in [5.41, 5.74) is -0.118. The highest BCUT2D eigenvalue weighted by Crippen LogP contribution is 2.22. The first kappa shape index (κ1) is 17.2. The van der Waals surface area contributed by atoms with Crippen molar-refractivity contribution in [1.29, 1.82) is 0 Å². The molecule has 4 heteroatoms. The van der Waals surface area contributed by atoms with Crippen LogP contribution in [0, 0.1) is 5.41 Å². The molecule has 0 amide bonds. The number of rotatable bonds is 5. The van der Waals surface area contributed by atoms with Gasteiger partial charge in [0.1, 0.15) is 6.61 Å². The molecule has 1 aromatic carbocycles. The fourth-order valence-corrected chi connectivity index (χ4v) is 1.37. The Labute approximate surface area is 114 Å². The molecule has 0 heterocycles. The van der Waals surface area contributed by atoms with Crippen LogP contribution in [0.1, 0.15) is 39.7 Å². The van der Waals surface area contributed by atoms with E-state index >= 15 is 0 Å². The van der Waals surface area contributed by atoms with Gasteiger partial charge in [0.2, 0.25) is 0 Å². The van der Waals surface area contributed by atoms with E-state index in [4.69, 9.17) is 9.84 Å². The van der Waals surface area contributed by atoms with Crippen molar-refractivity contribution >= 4 is 11.9 Å². The minimum atomic E-state index is -1.01. The maximum absolute atomic E-state index is 11.7. The van der Waals surface area contributed by atoms with Crippen molar-refractivity contribution < 1.29 is 19.4 Å². The number of carbonyl (C=O) groups is 2. The quantitative estimate of drug-likeness (QED) is 0.831. The van der Waals surface area contributed by atoms with E-state index in [-0.39, 0.29) is 13.0 Å². The lowest BCUT2D eigenvalue weighted by molar-refractivity contribution is -0.160. The van der Waals surface area contributed by atoms with Gasteiger partial charge in [0.15, 0.2) is 0 Å². The Balaban J connectivity index is 0.00000154. The van der Waals surface area contributed by atoms with Gasteiger partial charge < -0.3 is 9.84 Å². The molecule has 0 fully saturated rings. The third-order valence-electron chi connectivity index (χ3n) is 2.36. The Kier molecular flexibility index (Phi) is 7.49. The average molecular weight is 266 g/mol. The third kappa shape index (κ3) is 6.60. The van der Waals surface area contributed by atoms with Gasteiger partial charge >= 0.3 is 11.9 Å². The van der Waals surface area contributed by atoms with Crippen LogP contribution in [0.25, 0.3) is 0 Å². The number of carboxylic acids is 1. The Morgan fingerprint density at radius 1 is 1.16 bits per heavy atom. The van der Waals surface area contributed by atoms with Gasteiger partial charge in [0.05, 0.1) is 11.8 Å². The lowest BCUT2D eigenvalue weighted by atomic mass is 9.90. The number of carboxylic acid groups (broad SMARTS) is 1. The summed E-state index contributed by atoms with van der Waals surface area (Å²) in [5.74, 6) is -1.50. The minimum absolute atomic E-state index is 0.169. The van der Waals surface area contributed by atoms with E-state index in [1.807, 2.05) is 44.2 Å². The van der Waals surface area contributed by atoms with Crippen molar-refractivity contribution in [2.24, 2.45) is 5.41 Å². The molecule has 0 aliphatic carbocycles. The topological polar surface area (TPSA) is 63.6 Å². The van der Waals surface area contributed by atoms with Crippen LogP contribution in [0.3, 0.4) is 0 Å². The van der Waals surface area contributed by atoms with Crippen molar-refractivity contribution in [3.05, 3.63) is 35.9 Å². The molecule has 19 heavy (non-hydrogen) atoms. The van der Waals surface area contributed by atoms with Gasteiger partial charge in [-0.2, -0.15) is 0 Å². The summed E-state index contributed by atoms with van der Waals surface area (Å²) in [7, 11) is 0. The van der Waals surface area contributed by atoms with Gasteiger partial charge in [-0.25, -0.2) is 0 Å². The van der Waals surface area contributed by atoms with E-state index in [1.54, 1.807) is 13.8 Å². The van der Waals surface area contributed by atoms with E-state index in [9.17, 15) is 9.59 Å². The van der Waals surface area contributed by atoms with Crippen LogP contribution in [0.4, 0.5) is 0 Å². The maximum atomic E-state index is 11.7. The summed E-state index contributed by atoms with van der Waals surface area (Å²) in [6.45, 7) is 7.30. The van der Waals surface area contributed by atoms with E-state index < -0.39 is 17.4 Å². The first-order valence-corrected chi connectivity index (χ1v) is 6.35. The van der Waals surface area contributed by atoms with Gasteiger partial charge in [-0.3, -0.25) is 9.59 Å². The largest absolute Gasteiger partial charge is 0.481 e. The Morgan fingerprint density at radius 3 is 2.16 bits per heavy atom. The van der Waals surface area contributed by atoms with E-state index in [1.165, 1.54) is 0 Å². The summed E-state index contributed by atoms with van der Waals surface area (Å²) in [6, 6.07) is 9.27. The second-order valence-corrected chi connectivity index (χ2v) is 4.52. The Morgan fingerprint density at radius 2 is 1.68 bits per heavy atom. The van der Waals surface area contributed by atoms with Crippen molar-refractivity contribution in [2.45, 2.75) is 40.7 Å². The average Bonchev–Trinajstić information content (AvgIpc) is 2.38. The van der Waals surface area contributed by atoms with Gasteiger partial charge in [-0.1, -0.05) is 44.2 Å². The normalized spacial score (nSPS) is 10.1. The molecule has 0 radical (unpaired) electrons. The second kappa shape index (κ2) is 8.29. The summed E-state index contributed by atoms with van der Waals surface area (Å²) in [5, 5.41) is 8.68. The SMILES string of the molecule is CC.CC(C)(CC(=O)O)C(=O)OCc1ccccc1. The molecule has 1 rings (SSSR count). The molecule has 0 aromatic heterocycles. The lowest BCUT2D eigenvalue weighted by Gasteiger charge is -2.20. The predicted octanol–water partition coefficient (Wildman–Crippen LogP) is 3.26. The second-order valence-electron chi connectivity index (χ2n) is 4.52. The zero-order valence-electron chi connectivity index (χ0n) is 12.0. The van der Waals surface area contributed by atoms with Crippen LogP contribution >= 0.6 is 0 Å². The fraction of sp³-hybridized carbons (Fsp3) is 0.467. The highest BCUT2D eigenvalue weighted by Gasteiger charge is 2.32. The molecule has 0 saturated heterocycles. The highest BCUT2D eigenvalue weighted by atomic mass is 16.5. The van der Waals surface area contributed by atoms with Crippen molar-refractivity contribution in [1.82, 2.24) is 0 Å². The maximum Gasteiger partial charge on any atom is 0.312 e. The summed E-state index contributed by atoms with van der Waals surface area (Å²) >= 11 is 0. The van der Waals surface area contributed by atoms with E-state index in [0.717, 1.165) is 5.56 Å². The Bertz CT molecular complexity index is 396. The van der Waals surface area contributed by atoms with Gasteiger partial charge in [-0.15, -0.1) is 0 Å². The molecule has 0 aliphatic heterocycles. The van der Waals surface area contributed by atoms with E-state index in [0.29, 0.717) is 0 Å². The smallest absolute Gasteiger partial charge is 0.312 e. The number of aliphatic carboxylic acids is 1. The summed E-state index contributed by atoms with van der Waals surface area (Å²) < 4.78 is 5.09. The molecule has 106 valence electrons. The van der Waals surface area contributed by atoms with Crippen LogP contribution in [-0.4, -0.2) is 17.0 Å². The van der Waals surface area contributed by atoms with Crippen LogP contribution in [0.5, 0.6) is 0 Å². The van der Waals surface area contributed by atoms with Crippen LogP contribution in [0.15, 0.2) is 30.3 Å². The third-order valence-corrected chi connectivity index (χ3v) is 2.36. The van der Waals surface area contributed by atoms with Crippen molar-refractivity contribution in [3.8, 4) is 0 Å². The number of hydrogen-bond acceptors (Lipinski definition) is 3. The molecule has 0 unspecified atom stereocenters. The number of benzene rings is 1. The molecule has 0 atom stereocenters. The number of carbonyl (C=O) groups excluding carboxylic acids is 1. The molecule has 0 aliphatic rings.